The number of nitrogens with zero attached hydrogens (tertiary/aromatic N) is 3. The monoisotopic (exact) mass is 467 g/mol. The van der Waals surface area contributed by atoms with Gasteiger partial charge in [-0.05, 0) is 54.6 Å². The van der Waals surface area contributed by atoms with E-state index in [0.29, 0.717) is 54.2 Å². The third-order valence-corrected chi connectivity index (χ3v) is 5.71. The molecule has 0 saturated carbocycles. The molecule has 1 fully saturated rings. The van der Waals surface area contributed by atoms with E-state index in [0.717, 1.165) is 5.56 Å². The highest BCUT2D eigenvalue weighted by Gasteiger charge is 2.25. The van der Waals surface area contributed by atoms with Crippen molar-refractivity contribution in [3.05, 3.63) is 81.6 Å². The lowest BCUT2D eigenvalue weighted by molar-refractivity contribution is -0.384. The second-order valence-electron chi connectivity index (χ2n) is 7.47. The fourth-order valence-corrected chi connectivity index (χ4v) is 3.81. The number of ether oxygens (including phenoxy) is 1. The molecule has 2 heterocycles. The van der Waals surface area contributed by atoms with E-state index < -0.39 is 4.92 Å². The first-order chi connectivity index (χ1) is 15.9. The number of amides is 1. The molecule has 33 heavy (non-hydrogen) atoms. The van der Waals surface area contributed by atoms with Crippen molar-refractivity contribution in [1.29, 1.82) is 0 Å². The average molecular weight is 468 g/mol. The molecule has 1 aliphatic heterocycles. The van der Waals surface area contributed by atoms with Crippen LogP contribution >= 0.6 is 11.6 Å². The van der Waals surface area contributed by atoms with Gasteiger partial charge in [0.2, 0.25) is 5.91 Å². The lowest BCUT2D eigenvalue weighted by Gasteiger charge is -2.35. The Balaban J connectivity index is 1.37. The maximum atomic E-state index is 12.6. The van der Waals surface area contributed by atoms with Crippen molar-refractivity contribution in [3.8, 4) is 17.1 Å². The van der Waals surface area contributed by atoms with Gasteiger partial charge in [-0.25, -0.2) is 0 Å². The van der Waals surface area contributed by atoms with Gasteiger partial charge in [-0.15, -0.1) is 0 Å². The second kappa shape index (κ2) is 9.79. The van der Waals surface area contributed by atoms with E-state index in [1.165, 1.54) is 19.3 Å². The van der Waals surface area contributed by atoms with E-state index in [1.807, 2.05) is 23.1 Å². The van der Waals surface area contributed by atoms with Crippen LogP contribution in [0.5, 0.6) is 5.75 Å². The first-order valence-electron chi connectivity index (χ1n) is 10.3. The minimum Gasteiger partial charge on any atom is -0.496 e. The molecule has 0 unspecified atom stereocenters. The Labute approximate surface area is 195 Å². The highest BCUT2D eigenvalue weighted by molar-refractivity contribution is 6.30. The molecule has 1 aromatic heterocycles. The molecule has 0 bridgehead atoms. The summed E-state index contributed by atoms with van der Waals surface area (Å²) < 4.78 is 10.9. The molecule has 4 rings (SSSR count). The number of piperazine rings is 1. The highest BCUT2D eigenvalue weighted by Crippen LogP contribution is 2.32. The number of anilines is 1. The van der Waals surface area contributed by atoms with Crippen molar-refractivity contribution in [2.24, 2.45) is 0 Å². The minimum atomic E-state index is -0.417. The van der Waals surface area contributed by atoms with Gasteiger partial charge >= 0.3 is 0 Å². The Bertz CT molecular complexity index is 1180. The molecule has 9 heteroatoms. The Hall–Kier alpha value is -3.78. The smallest absolute Gasteiger partial charge is 0.296 e. The number of methoxy groups -OCH3 is 1. The summed E-state index contributed by atoms with van der Waals surface area (Å²) in [5.74, 6) is 1.55. The number of carbonyl (C=O) groups excluding carboxylic acids is 1. The van der Waals surface area contributed by atoms with Gasteiger partial charge in [0, 0.05) is 42.8 Å². The third-order valence-electron chi connectivity index (χ3n) is 5.46. The van der Waals surface area contributed by atoms with Crippen molar-refractivity contribution in [1.82, 2.24) is 4.90 Å². The predicted molar refractivity (Wildman–Crippen MR) is 127 cm³/mol. The predicted octanol–water partition coefficient (Wildman–Crippen LogP) is 4.88. The summed E-state index contributed by atoms with van der Waals surface area (Å²) in [7, 11) is 1.47. The Morgan fingerprint density at radius 3 is 2.48 bits per heavy atom. The molecule has 8 nitrogen and oxygen atoms in total. The molecule has 0 atom stereocenters. The van der Waals surface area contributed by atoms with E-state index in [4.69, 9.17) is 20.8 Å². The number of nitro groups is 1. The van der Waals surface area contributed by atoms with E-state index in [2.05, 4.69) is 0 Å². The first-order valence-corrected chi connectivity index (χ1v) is 10.7. The topological polar surface area (TPSA) is 89.1 Å². The number of hydrogen-bond donors (Lipinski definition) is 0. The molecule has 3 aromatic rings. The van der Waals surface area contributed by atoms with Crippen LogP contribution in [0.25, 0.3) is 17.4 Å². The zero-order chi connectivity index (χ0) is 23.4. The summed E-state index contributed by atoms with van der Waals surface area (Å²) in [6.45, 7) is 1.91. The van der Waals surface area contributed by atoms with Crippen molar-refractivity contribution in [2.45, 2.75) is 0 Å². The van der Waals surface area contributed by atoms with Crippen molar-refractivity contribution < 1.29 is 18.9 Å². The zero-order valence-electron chi connectivity index (χ0n) is 17.9. The summed E-state index contributed by atoms with van der Waals surface area (Å²) in [5.41, 5.74) is 1.41. The maximum absolute atomic E-state index is 12.6. The summed E-state index contributed by atoms with van der Waals surface area (Å²) in [6.07, 6.45) is 3.12. The fraction of sp³-hybridized carbons (Fsp3) is 0.208. The molecule has 1 saturated heterocycles. The van der Waals surface area contributed by atoms with Gasteiger partial charge in [0.15, 0.2) is 0 Å². The first kappa shape index (κ1) is 22.4. The molecule has 170 valence electrons. The number of halogens is 1. The summed E-state index contributed by atoms with van der Waals surface area (Å²) >= 11 is 5.92. The Morgan fingerprint density at radius 1 is 1.09 bits per heavy atom. The van der Waals surface area contributed by atoms with Gasteiger partial charge in [-0.3, -0.25) is 14.9 Å². The third kappa shape index (κ3) is 5.18. The van der Waals surface area contributed by atoms with Crippen molar-refractivity contribution in [2.75, 3.05) is 38.2 Å². The molecular formula is C24H22ClN3O5. The van der Waals surface area contributed by atoms with Crippen LogP contribution in [-0.2, 0) is 4.79 Å². The fourth-order valence-electron chi connectivity index (χ4n) is 3.68. The molecule has 0 N–H and O–H groups in total. The molecule has 0 spiro atoms. The van der Waals surface area contributed by atoms with Gasteiger partial charge in [0.25, 0.3) is 5.69 Å². The number of rotatable bonds is 6. The van der Waals surface area contributed by atoms with Crippen molar-refractivity contribution in [3.63, 3.8) is 0 Å². The van der Waals surface area contributed by atoms with Crippen LogP contribution in [0.4, 0.5) is 11.4 Å². The van der Waals surface area contributed by atoms with E-state index in [1.54, 1.807) is 41.3 Å². The van der Waals surface area contributed by atoms with Gasteiger partial charge in [-0.2, -0.15) is 0 Å². The average Bonchev–Trinajstić information content (AvgIpc) is 3.31. The second-order valence-corrected chi connectivity index (χ2v) is 7.90. The van der Waals surface area contributed by atoms with E-state index in [9.17, 15) is 14.9 Å². The highest BCUT2D eigenvalue weighted by atomic mass is 35.5. The lowest BCUT2D eigenvalue weighted by atomic mass is 10.2. The summed E-state index contributed by atoms with van der Waals surface area (Å²) in [4.78, 5) is 27.3. The molecule has 1 amide bonds. The van der Waals surface area contributed by atoms with Crippen molar-refractivity contribution >= 4 is 35.0 Å². The summed E-state index contributed by atoms with van der Waals surface area (Å²) in [6, 6.07) is 15.8. The van der Waals surface area contributed by atoms with Crippen LogP contribution in [0.1, 0.15) is 5.76 Å². The lowest BCUT2D eigenvalue weighted by Crippen LogP contribution is -2.48. The Kier molecular flexibility index (Phi) is 6.65. The van der Waals surface area contributed by atoms with Gasteiger partial charge < -0.3 is 19.0 Å². The SMILES string of the molecule is COc1ccc(N2CCN(C(=O)C=Cc3ccc(-c4ccc(Cl)cc4)o3)CC2)c([N+](=O)[O-])c1. The number of benzene rings is 2. The normalized spacial score (nSPS) is 14.0. The van der Waals surface area contributed by atoms with Gasteiger partial charge in [0.1, 0.15) is 23.0 Å². The molecule has 2 aromatic carbocycles. The molecular weight excluding hydrogens is 446 g/mol. The van der Waals surface area contributed by atoms with Crippen LogP contribution in [0, 0.1) is 10.1 Å². The van der Waals surface area contributed by atoms with E-state index >= 15 is 0 Å². The van der Waals surface area contributed by atoms with Crippen LogP contribution < -0.4 is 9.64 Å². The number of hydrogen-bond acceptors (Lipinski definition) is 6. The number of carbonyl (C=O) groups is 1. The standard InChI is InChI=1S/C24H22ClN3O5/c1-32-20-6-9-21(22(16-20)28(30)31)26-12-14-27(15-13-26)24(29)11-8-19-7-10-23(33-19)17-2-4-18(25)5-3-17/h2-11,16H,12-15H2,1H3. The summed E-state index contributed by atoms with van der Waals surface area (Å²) in [5, 5.41) is 12.1. The van der Waals surface area contributed by atoms with Gasteiger partial charge in [-0.1, -0.05) is 11.6 Å². The number of nitro benzene ring substituents is 1. The van der Waals surface area contributed by atoms with Gasteiger partial charge in [0.05, 0.1) is 18.1 Å². The van der Waals surface area contributed by atoms with Crippen LogP contribution in [0.3, 0.4) is 0 Å². The van der Waals surface area contributed by atoms with Crippen LogP contribution in [-0.4, -0.2) is 49.0 Å². The maximum Gasteiger partial charge on any atom is 0.296 e. The van der Waals surface area contributed by atoms with E-state index in [-0.39, 0.29) is 11.6 Å². The van der Waals surface area contributed by atoms with Crippen LogP contribution in [0.2, 0.25) is 5.02 Å². The number of furan rings is 1. The minimum absolute atomic E-state index is 0.0108. The quantitative estimate of drug-likeness (QED) is 0.291. The molecule has 1 aliphatic rings. The Morgan fingerprint density at radius 2 is 1.82 bits per heavy atom. The van der Waals surface area contributed by atoms with Crippen LogP contribution in [0.15, 0.2) is 65.1 Å². The molecule has 0 radical (unpaired) electrons. The zero-order valence-corrected chi connectivity index (χ0v) is 18.7. The largest absolute Gasteiger partial charge is 0.496 e. The molecule has 0 aliphatic carbocycles.